The molecular weight excluding hydrogens is 513 g/mol. The Morgan fingerprint density at radius 2 is 1.84 bits per heavy atom. The Morgan fingerprint density at radius 3 is 2.52 bits per heavy atom. The largest absolute Gasteiger partial charge is 0.454 e. The molecule has 1 saturated heterocycles. The van der Waals surface area contributed by atoms with Crippen molar-refractivity contribution in [2.24, 2.45) is 4.99 Å². The standard InChI is InChI=1S/C21H33N5O4.HI/c1-21(2,3)30-20(27)26-11-9-25(10-12-26)8-7-23-19(22-4)24-14-16-5-6-17-18(13-16)29-15-28-17;/h5-6,13H,7-12,14-15H2,1-4H3,(H2,22,23,24);1H. The van der Waals surface area contributed by atoms with Crippen molar-refractivity contribution in [3.8, 4) is 11.5 Å². The molecule has 174 valence electrons. The molecule has 3 rings (SSSR count). The number of nitrogens with one attached hydrogen (secondary N) is 2. The van der Waals surface area contributed by atoms with Gasteiger partial charge in [-0.25, -0.2) is 4.79 Å². The molecule has 9 nitrogen and oxygen atoms in total. The summed E-state index contributed by atoms with van der Waals surface area (Å²) in [6, 6.07) is 5.91. The third-order valence-corrected chi connectivity index (χ3v) is 4.87. The number of carbonyl (C=O) groups is 1. The van der Waals surface area contributed by atoms with E-state index >= 15 is 0 Å². The van der Waals surface area contributed by atoms with Gasteiger partial charge in [0.1, 0.15) is 5.60 Å². The second-order valence-corrected chi connectivity index (χ2v) is 8.35. The third kappa shape index (κ3) is 7.91. The van der Waals surface area contributed by atoms with Crippen LogP contribution in [-0.2, 0) is 11.3 Å². The molecule has 0 spiro atoms. The number of hydrogen-bond acceptors (Lipinski definition) is 6. The molecule has 0 saturated carbocycles. The summed E-state index contributed by atoms with van der Waals surface area (Å²) >= 11 is 0. The predicted octanol–water partition coefficient (Wildman–Crippen LogP) is 2.25. The Kier molecular flexibility index (Phi) is 9.48. The van der Waals surface area contributed by atoms with Gasteiger partial charge in [-0.1, -0.05) is 6.07 Å². The first-order valence-electron chi connectivity index (χ1n) is 10.4. The van der Waals surface area contributed by atoms with Gasteiger partial charge in [-0.05, 0) is 38.5 Å². The predicted molar refractivity (Wildman–Crippen MR) is 130 cm³/mol. The van der Waals surface area contributed by atoms with E-state index in [0.717, 1.165) is 49.2 Å². The van der Waals surface area contributed by atoms with Crippen LogP contribution >= 0.6 is 24.0 Å². The molecule has 1 fully saturated rings. The molecule has 0 unspecified atom stereocenters. The molecule has 10 heteroatoms. The van der Waals surface area contributed by atoms with Crippen LogP contribution in [0.5, 0.6) is 11.5 Å². The summed E-state index contributed by atoms with van der Waals surface area (Å²) in [5.41, 5.74) is 0.641. The first-order valence-corrected chi connectivity index (χ1v) is 10.4. The van der Waals surface area contributed by atoms with Crippen LogP contribution in [0.1, 0.15) is 26.3 Å². The van der Waals surface area contributed by atoms with E-state index in [4.69, 9.17) is 14.2 Å². The molecule has 2 aliphatic rings. The minimum Gasteiger partial charge on any atom is -0.454 e. The van der Waals surface area contributed by atoms with Crippen molar-refractivity contribution < 1.29 is 19.0 Å². The van der Waals surface area contributed by atoms with Crippen LogP contribution < -0.4 is 20.1 Å². The molecule has 2 N–H and O–H groups in total. The van der Waals surface area contributed by atoms with Gasteiger partial charge in [0.15, 0.2) is 17.5 Å². The van der Waals surface area contributed by atoms with E-state index in [1.54, 1.807) is 11.9 Å². The Morgan fingerprint density at radius 1 is 1.13 bits per heavy atom. The second-order valence-electron chi connectivity index (χ2n) is 8.35. The van der Waals surface area contributed by atoms with E-state index in [2.05, 4.69) is 20.5 Å². The van der Waals surface area contributed by atoms with Crippen molar-refractivity contribution in [2.75, 3.05) is 53.1 Å². The quantitative estimate of drug-likeness (QED) is 0.332. The van der Waals surface area contributed by atoms with E-state index in [-0.39, 0.29) is 36.9 Å². The third-order valence-electron chi connectivity index (χ3n) is 4.87. The summed E-state index contributed by atoms with van der Waals surface area (Å²) in [5.74, 6) is 2.32. The smallest absolute Gasteiger partial charge is 0.410 e. The van der Waals surface area contributed by atoms with E-state index in [0.29, 0.717) is 19.6 Å². The summed E-state index contributed by atoms with van der Waals surface area (Å²) < 4.78 is 16.2. The van der Waals surface area contributed by atoms with E-state index in [1.807, 2.05) is 39.0 Å². The van der Waals surface area contributed by atoms with Gasteiger partial charge in [-0.15, -0.1) is 24.0 Å². The molecule has 0 atom stereocenters. The maximum Gasteiger partial charge on any atom is 0.410 e. The molecule has 0 aliphatic carbocycles. The second kappa shape index (κ2) is 11.6. The monoisotopic (exact) mass is 547 g/mol. The molecule has 0 aromatic heterocycles. The normalized spacial score (nSPS) is 16.5. The van der Waals surface area contributed by atoms with Gasteiger partial charge in [0.25, 0.3) is 0 Å². The number of halogens is 1. The maximum atomic E-state index is 12.1. The fourth-order valence-electron chi connectivity index (χ4n) is 3.27. The summed E-state index contributed by atoms with van der Waals surface area (Å²) in [7, 11) is 1.76. The first-order chi connectivity index (χ1) is 14.3. The maximum absolute atomic E-state index is 12.1. The zero-order valence-corrected chi connectivity index (χ0v) is 21.1. The summed E-state index contributed by atoms with van der Waals surface area (Å²) in [6.07, 6.45) is -0.228. The molecule has 0 bridgehead atoms. The molecule has 1 amide bonds. The van der Waals surface area contributed by atoms with E-state index < -0.39 is 5.60 Å². The lowest BCUT2D eigenvalue weighted by atomic mass is 10.2. The van der Waals surface area contributed by atoms with Crippen LogP contribution in [0, 0.1) is 0 Å². The fourth-order valence-corrected chi connectivity index (χ4v) is 3.27. The minimum absolute atomic E-state index is 0. The SMILES string of the molecule is CN=C(NCCN1CCN(C(=O)OC(C)(C)C)CC1)NCc1ccc2c(c1)OCO2.I. The highest BCUT2D eigenvalue weighted by Gasteiger charge is 2.25. The summed E-state index contributed by atoms with van der Waals surface area (Å²) in [4.78, 5) is 20.5. The van der Waals surface area contributed by atoms with Crippen molar-refractivity contribution in [1.29, 1.82) is 0 Å². The number of fused-ring (bicyclic) bond motifs is 1. The van der Waals surface area contributed by atoms with Gasteiger partial charge < -0.3 is 29.7 Å². The highest BCUT2D eigenvalue weighted by molar-refractivity contribution is 14.0. The average Bonchev–Trinajstić information content (AvgIpc) is 3.17. The number of ether oxygens (including phenoxy) is 3. The number of hydrogen-bond donors (Lipinski definition) is 2. The van der Waals surface area contributed by atoms with Crippen LogP contribution in [0.25, 0.3) is 0 Å². The Hall–Kier alpha value is -1.95. The highest BCUT2D eigenvalue weighted by atomic mass is 127. The Bertz CT molecular complexity index is 761. The number of benzene rings is 1. The van der Waals surface area contributed by atoms with Crippen molar-refractivity contribution in [2.45, 2.75) is 32.9 Å². The average molecular weight is 547 g/mol. The van der Waals surface area contributed by atoms with Crippen molar-refractivity contribution >= 4 is 36.0 Å². The number of piperazine rings is 1. The van der Waals surface area contributed by atoms with Crippen LogP contribution in [0.3, 0.4) is 0 Å². The van der Waals surface area contributed by atoms with Gasteiger partial charge >= 0.3 is 6.09 Å². The molecular formula is C21H34IN5O4. The van der Waals surface area contributed by atoms with Crippen molar-refractivity contribution in [3.63, 3.8) is 0 Å². The number of carbonyl (C=O) groups excluding carboxylic acids is 1. The molecule has 0 radical (unpaired) electrons. The lowest BCUT2D eigenvalue weighted by Crippen LogP contribution is -2.51. The summed E-state index contributed by atoms with van der Waals surface area (Å²) in [5, 5.41) is 6.65. The lowest BCUT2D eigenvalue weighted by Gasteiger charge is -2.35. The molecule has 2 heterocycles. The van der Waals surface area contributed by atoms with Crippen molar-refractivity contribution in [3.05, 3.63) is 23.8 Å². The lowest BCUT2D eigenvalue weighted by molar-refractivity contribution is 0.0147. The molecule has 31 heavy (non-hydrogen) atoms. The topological polar surface area (TPSA) is 87.7 Å². The van der Waals surface area contributed by atoms with Gasteiger partial charge in [0.2, 0.25) is 6.79 Å². The van der Waals surface area contributed by atoms with Gasteiger partial charge in [0.05, 0.1) is 0 Å². The van der Waals surface area contributed by atoms with Crippen LogP contribution in [-0.4, -0.2) is 80.6 Å². The Balaban J connectivity index is 0.00000341. The number of nitrogens with zero attached hydrogens (tertiary/aromatic N) is 3. The summed E-state index contributed by atoms with van der Waals surface area (Å²) in [6.45, 7) is 11.3. The number of aliphatic imine (C=N–C) groups is 1. The van der Waals surface area contributed by atoms with Gasteiger partial charge in [-0.3, -0.25) is 9.89 Å². The highest BCUT2D eigenvalue weighted by Crippen LogP contribution is 2.32. The first kappa shape index (κ1) is 25.3. The zero-order valence-electron chi connectivity index (χ0n) is 18.8. The minimum atomic E-state index is -0.457. The molecule has 2 aliphatic heterocycles. The zero-order chi connectivity index (χ0) is 21.6. The van der Waals surface area contributed by atoms with Crippen LogP contribution in [0.4, 0.5) is 4.79 Å². The van der Waals surface area contributed by atoms with E-state index in [9.17, 15) is 4.79 Å². The Labute approximate surface area is 201 Å². The number of amides is 1. The number of rotatable bonds is 5. The van der Waals surface area contributed by atoms with Crippen LogP contribution in [0.2, 0.25) is 0 Å². The fraction of sp³-hybridized carbons (Fsp3) is 0.619. The molecule has 1 aromatic carbocycles. The van der Waals surface area contributed by atoms with Gasteiger partial charge in [0, 0.05) is 52.9 Å². The van der Waals surface area contributed by atoms with Crippen LogP contribution in [0.15, 0.2) is 23.2 Å². The number of guanidine groups is 1. The van der Waals surface area contributed by atoms with Gasteiger partial charge in [-0.2, -0.15) is 0 Å². The van der Waals surface area contributed by atoms with E-state index in [1.165, 1.54) is 0 Å². The van der Waals surface area contributed by atoms with Crippen molar-refractivity contribution in [1.82, 2.24) is 20.4 Å². The molecule has 1 aromatic rings.